The predicted octanol–water partition coefficient (Wildman–Crippen LogP) is 0.836. The molecule has 0 aromatic heterocycles. The predicted molar refractivity (Wildman–Crippen MR) is 50.0 cm³/mol. The second-order valence-electron chi connectivity index (χ2n) is 3.35. The van der Waals surface area contributed by atoms with E-state index in [1.54, 1.807) is 6.08 Å². The van der Waals surface area contributed by atoms with Crippen molar-refractivity contribution in [3.63, 3.8) is 0 Å². The minimum absolute atomic E-state index is 0.0785. The standard InChI is InChI=1S/C10H16O3/c1-3-4-9(7-11)10(12)5-6-13-8(10)2/h3,9,11-12H,1-2,4-7H2. The third-order valence-corrected chi connectivity index (χ3v) is 2.59. The van der Waals surface area contributed by atoms with E-state index in [0.29, 0.717) is 25.2 Å². The summed E-state index contributed by atoms with van der Waals surface area (Å²) in [6, 6.07) is 0. The van der Waals surface area contributed by atoms with Crippen molar-refractivity contribution < 1.29 is 14.9 Å². The van der Waals surface area contributed by atoms with Gasteiger partial charge < -0.3 is 14.9 Å². The summed E-state index contributed by atoms with van der Waals surface area (Å²) in [4.78, 5) is 0. The molecule has 1 fully saturated rings. The molecule has 3 nitrogen and oxygen atoms in total. The van der Waals surface area contributed by atoms with Crippen LogP contribution < -0.4 is 0 Å². The lowest BCUT2D eigenvalue weighted by Gasteiger charge is -2.29. The van der Waals surface area contributed by atoms with Crippen LogP contribution in [0.3, 0.4) is 0 Å². The first-order valence-corrected chi connectivity index (χ1v) is 4.41. The molecule has 1 saturated heterocycles. The number of ether oxygens (including phenoxy) is 1. The van der Waals surface area contributed by atoms with E-state index in [0.717, 1.165) is 0 Å². The fourth-order valence-corrected chi connectivity index (χ4v) is 1.65. The maximum Gasteiger partial charge on any atom is 0.129 e. The van der Waals surface area contributed by atoms with Crippen molar-refractivity contribution in [3.8, 4) is 0 Å². The summed E-state index contributed by atoms with van der Waals surface area (Å²) >= 11 is 0. The summed E-state index contributed by atoms with van der Waals surface area (Å²) in [5, 5.41) is 19.2. The van der Waals surface area contributed by atoms with Crippen LogP contribution in [-0.2, 0) is 4.74 Å². The van der Waals surface area contributed by atoms with E-state index >= 15 is 0 Å². The fourth-order valence-electron chi connectivity index (χ4n) is 1.65. The summed E-state index contributed by atoms with van der Waals surface area (Å²) in [5.74, 6) is 0.119. The average molecular weight is 184 g/mol. The van der Waals surface area contributed by atoms with Crippen LogP contribution in [-0.4, -0.2) is 29.0 Å². The van der Waals surface area contributed by atoms with Crippen molar-refractivity contribution in [2.45, 2.75) is 18.4 Å². The first kappa shape index (κ1) is 10.3. The minimum Gasteiger partial charge on any atom is -0.495 e. The summed E-state index contributed by atoms with van der Waals surface area (Å²) in [5.41, 5.74) is -1.07. The highest BCUT2D eigenvalue weighted by Gasteiger charge is 2.43. The number of aliphatic hydroxyl groups excluding tert-OH is 1. The lowest BCUT2D eigenvalue weighted by atomic mass is 9.83. The molecule has 0 aromatic rings. The highest BCUT2D eigenvalue weighted by molar-refractivity contribution is 5.13. The molecule has 3 heteroatoms. The highest BCUT2D eigenvalue weighted by Crippen LogP contribution is 2.36. The van der Waals surface area contributed by atoms with E-state index < -0.39 is 5.60 Å². The van der Waals surface area contributed by atoms with E-state index in [9.17, 15) is 5.11 Å². The number of hydrogen-bond acceptors (Lipinski definition) is 3. The molecule has 13 heavy (non-hydrogen) atoms. The number of allylic oxidation sites excluding steroid dienone is 1. The van der Waals surface area contributed by atoms with Gasteiger partial charge >= 0.3 is 0 Å². The van der Waals surface area contributed by atoms with E-state index in [1.165, 1.54) is 0 Å². The van der Waals surface area contributed by atoms with Gasteiger partial charge in [-0.3, -0.25) is 0 Å². The third-order valence-electron chi connectivity index (χ3n) is 2.59. The van der Waals surface area contributed by atoms with Crippen LogP contribution in [0.2, 0.25) is 0 Å². The maximum atomic E-state index is 10.1. The van der Waals surface area contributed by atoms with Crippen LogP contribution in [0.25, 0.3) is 0 Å². The van der Waals surface area contributed by atoms with Gasteiger partial charge in [0.2, 0.25) is 0 Å². The van der Waals surface area contributed by atoms with Gasteiger partial charge in [-0.15, -0.1) is 6.58 Å². The average Bonchev–Trinajstić information content (AvgIpc) is 2.44. The van der Waals surface area contributed by atoms with E-state index in [-0.39, 0.29) is 12.5 Å². The second-order valence-corrected chi connectivity index (χ2v) is 3.35. The summed E-state index contributed by atoms with van der Waals surface area (Å²) in [6.07, 6.45) is 2.75. The van der Waals surface area contributed by atoms with Crippen molar-refractivity contribution in [3.05, 3.63) is 25.0 Å². The van der Waals surface area contributed by atoms with Gasteiger partial charge in [-0.05, 0) is 6.42 Å². The van der Waals surface area contributed by atoms with Crippen molar-refractivity contribution in [1.29, 1.82) is 0 Å². The Bertz CT molecular complexity index is 212. The van der Waals surface area contributed by atoms with Crippen molar-refractivity contribution in [2.75, 3.05) is 13.2 Å². The molecule has 0 spiro atoms. The normalized spacial score (nSPS) is 29.8. The quantitative estimate of drug-likeness (QED) is 0.636. The minimum atomic E-state index is -1.07. The molecule has 1 rings (SSSR count). The maximum absolute atomic E-state index is 10.1. The molecular formula is C10H16O3. The molecule has 0 amide bonds. The third kappa shape index (κ3) is 1.76. The molecule has 0 radical (unpaired) electrons. The molecule has 2 atom stereocenters. The molecule has 0 bridgehead atoms. The summed E-state index contributed by atoms with van der Waals surface area (Å²) in [6.45, 7) is 7.62. The molecule has 2 N–H and O–H groups in total. The molecule has 74 valence electrons. The molecule has 0 aromatic carbocycles. The van der Waals surface area contributed by atoms with Crippen molar-refractivity contribution >= 4 is 0 Å². The van der Waals surface area contributed by atoms with Crippen LogP contribution >= 0.6 is 0 Å². The van der Waals surface area contributed by atoms with Crippen LogP contribution in [0, 0.1) is 5.92 Å². The lowest BCUT2D eigenvalue weighted by molar-refractivity contribution is -0.00921. The molecule has 0 saturated carbocycles. The Morgan fingerprint density at radius 2 is 2.38 bits per heavy atom. The molecule has 0 aliphatic carbocycles. The van der Waals surface area contributed by atoms with Gasteiger partial charge in [0.05, 0.1) is 6.61 Å². The Labute approximate surface area is 78.3 Å². The Hall–Kier alpha value is -0.800. The van der Waals surface area contributed by atoms with Crippen LogP contribution in [0.15, 0.2) is 25.0 Å². The molecule has 1 heterocycles. The summed E-state index contributed by atoms with van der Waals surface area (Å²) < 4.78 is 5.11. The Morgan fingerprint density at radius 3 is 2.77 bits per heavy atom. The van der Waals surface area contributed by atoms with E-state index in [1.807, 2.05) is 0 Å². The zero-order chi connectivity index (χ0) is 9.90. The van der Waals surface area contributed by atoms with Gasteiger partial charge in [0.25, 0.3) is 0 Å². The Balaban J connectivity index is 2.75. The first-order chi connectivity index (χ1) is 6.15. The monoisotopic (exact) mass is 184 g/mol. The van der Waals surface area contributed by atoms with Gasteiger partial charge in [-0.25, -0.2) is 0 Å². The van der Waals surface area contributed by atoms with Gasteiger partial charge in [0.15, 0.2) is 0 Å². The van der Waals surface area contributed by atoms with E-state index in [2.05, 4.69) is 13.2 Å². The van der Waals surface area contributed by atoms with Gasteiger partial charge in [0.1, 0.15) is 11.4 Å². The first-order valence-electron chi connectivity index (χ1n) is 4.41. The highest BCUT2D eigenvalue weighted by atomic mass is 16.5. The van der Waals surface area contributed by atoms with E-state index in [4.69, 9.17) is 9.84 Å². The SMILES string of the molecule is C=CCC(CO)C1(O)CCOC1=C. The summed E-state index contributed by atoms with van der Waals surface area (Å²) in [7, 11) is 0. The lowest BCUT2D eigenvalue weighted by Crippen LogP contribution is -2.38. The molecule has 1 aliphatic rings. The molecular weight excluding hydrogens is 168 g/mol. The van der Waals surface area contributed by atoms with Crippen molar-refractivity contribution in [1.82, 2.24) is 0 Å². The topological polar surface area (TPSA) is 49.7 Å². The van der Waals surface area contributed by atoms with Gasteiger partial charge in [-0.1, -0.05) is 12.7 Å². The smallest absolute Gasteiger partial charge is 0.129 e. The number of aliphatic hydroxyl groups is 2. The number of rotatable bonds is 4. The molecule has 1 aliphatic heterocycles. The van der Waals surface area contributed by atoms with Crippen LogP contribution in [0.4, 0.5) is 0 Å². The largest absolute Gasteiger partial charge is 0.495 e. The number of hydrogen-bond donors (Lipinski definition) is 2. The zero-order valence-corrected chi connectivity index (χ0v) is 7.70. The Morgan fingerprint density at radius 1 is 1.69 bits per heavy atom. The zero-order valence-electron chi connectivity index (χ0n) is 7.70. The Kier molecular flexibility index (Phi) is 3.12. The second kappa shape index (κ2) is 3.94. The van der Waals surface area contributed by atoms with Crippen LogP contribution in [0.5, 0.6) is 0 Å². The van der Waals surface area contributed by atoms with Crippen molar-refractivity contribution in [2.24, 2.45) is 5.92 Å². The van der Waals surface area contributed by atoms with Crippen LogP contribution in [0.1, 0.15) is 12.8 Å². The van der Waals surface area contributed by atoms with Gasteiger partial charge in [0, 0.05) is 18.9 Å². The van der Waals surface area contributed by atoms with Gasteiger partial charge in [-0.2, -0.15) is 0 Å². The fraction of sp³-hybridized carbons (Fsp3) is 0.600. The molecule has 2 unspecified atom stereocenters.